The molecule has 0 aliphatic carbocycles. The van der Waals surface area contributed by atoms with Gasteiger partial charge in [0.25, 0.3) is 0 Å². The number of rotatable bonds is 3. The summed E-state index contributed by atoms with van der Waals surface area (Å²) in [7, 11) is 3.86. The van der Waals surface area contributed by atoms with E-state index in [0.29, 0.717) is 0 Å². The summed E-state index contributed by atoms with van der Waals surface area (Å²) in [6.07, 6.45) is 11.9. The van der Waals surface area contributed by atoms with Gasteiger partial charge in [-0.05, 0) is 24.3 Å². The number of fused-ring (bicyclic) bond motifs is 1. The van der Waals surface area contributed by atoms with E-state index in [1.807, 2.05) is 60.5 Å². The Bertz CT molecular complexity index is 1220. The lowest BCUT2D eigenvalue weighted by atomic mass is 10.2. The summed E-state index contributed by atoms with van der Waals surface area (Å²) >= 11 is 1.75. The quantitative estimate of drug-likeness (QED) is 0.491. The van der Waals surface area contributed by atoms with Crippen molar-refractivity contribution in [3.63, 3.8) is 0 Å². The van der Waals surface area contributed by atoms with Crippen molar-refractivity contribution in [2.75, 3.05) is 0 Å². The second kappa shape index (κ2) is 5.67. The summed E-state index contributed by atoms with van der Waals surface area (Å²) in [6, 6.07) is 8.41. The van der Waals surface area contributed by atoms with Crippen molar-refractivity contribution in [2.45, 2.75) is 0 Å². The minimum absolute atomic E-state index is 0.934. The van der Waals surface area contributed by atoms with Crippen molar-refractivity contribution in [3.05, 3.63) is 61.4 Å². The smallest absolute Gasteiger partial charge is 0.137 e. The van der Waals surface area contributed by atoms with Crippen LogP contribution in [0.2, 0.25) is 0 Å². The Morgan fingerprint density at radius 2 is 1.46 bits per heavy atom. The second-order valence-electron chi connectivity index (χ2n) is 6.26. The zero-order valence-electron chi connectivity index (χ0n) is 14.4. The van der Waals surface area contributed by atoms with Gasteiger partial charge in [0.05, 0.1) is 29.2 Å². The van der Waals surface area contributed by atoms with Gasteiger partial charge in [0.1, 0.15) is 5.65 Å². The number of hydrogen-bond acceptors (Lipinski definition) is 4. The molecule has 0 unspecified atom stereocenters. The molecule has 0 saturated carbocycles. The predicted molar refractivity (Wildman–Crippen MR) is 103 cm³/mol. The average Bonchev–Trinajstić information content (AvgIpc) is 3.39. The zero-order valence-corrected chi connectivity index (χ0v) is 15.2. The van der Waals surface area contributed by atoms with E-state index < -0.39 is 0 Å². The molecule has 0 aliphatic rings. The highest BCUT2D eigenvalue weighted by atomic mass is 32.1. The molecule has 0 amide bonds. The van der Waals surface area contributed by atoms with E-state index >= 15 is 0 Å². The van der Waals surface area contributed by atoms with Gasteiger partial charge in [-0.1, -0.05) is 0 Å². The minimum Gasteiger partial charge on any atom is -0.298 e. The lowest BCUT2D eigenvalue weighted by Crippen LogP contribution is -1.88. The van der Waals surface area contributed by atoms with Gasteiger partial charge < -0.3 is 0 Å². The summed E-state index contributed by atoms with van der Waals surface area (Å²) in [5.74, 6) is 0. The molecule has 0 spiro atoms. The van der Waals surface area contributed by atoms with E-state index in [1.165, 1.54) is 9.75 Å². The van der Waals surface area contributed by atoms with Crippen LogP contribution in [0.1, 0.15) is 0 Å². The fourth-order valence-electron chi connectivity index (χ4n) is 3.08. The van der Waals surface area contributed by atoms with Crippen LogP contribution in [0.5, 0.6) is 0 Å². The first-order chi connectivity index (χ1) is 12.7. The Kier molecular flexibility index (Phi) is 3.29. The first-order valence-corrected chi connectivity index (χ1v) is 9.04. The van der Waals surface area contributed by atoms with Gasteiger partial charge >= 0.3 is 0 Å². The van der Waals surface area contributed by atoms with Crippen LogP contribution in [0.4, 0.5) is 0 Å². The van der Waals surface area contributed by atoms with Crippen molar-refractivity contribution in [3.8, 4) is 32.1 Å². The first-order valence-electron chi connectivity index (χ1n) is 8.23. The molecule has 7 heteroatoms. The summed E-state index contributed by atoms with van der Waals surface area (Å²) in [6.45, 7) is 0. The number of pyridine rings is 1. The highest BCUT2D eigenvalue weighted by Crippen LogP contribution is 2.35. The van der Waals surface area contributed by atoms with Crippen molar-refractivity contribution < 1.29 is 0 Å². The van der Waals surface area contributed by atoms with Crippen LogP contribution in [0.25, 0.3) is 37.8 Å². The van der Waals surface area contributed by atoms with Gasteiger partial charge in [-0.15, -0.1) is 11.3 Å². The fraction of sp³-hybridized carbons (Fsp3) is 0.105. The lowest BCUT2D eigenvalue weighted by Gasteiger charge is -2.02. The molecule has 0 fully saturated rings. The molecule has 0 saturated heterocycles. The maximum absolute atomic E-state index is 4.55. The predicted octanol–water partition coefficient (Wildman–Crippen LogP) is 3.86. The molecule has 0 radical (unpaired) electrons. The maximum Gasteiger partial charge on any atom is 0.137 e. The highest BCUT2D eigenvalue weighted by Gasteiger charge is 2.12. The van der Waals surface area contributed by atoms with Gasteiger partial charge in [-0.2, -0.15) is 10.2 Å². The minimum atomic E-state index is 0.934. The summed E-state index contributed by atoms with van der Waals surface area (Å²) in [4.78, 5) is 6.93. The van der Waals surface area contributed by atoms with Crippen LogP contribution in [0.3, 0.4) is 0 Å². The largest absolute Gasteiger partial charge is 0.298 e. The molecule has 26 heavy (non-hydrogen) atoms. The van der Waals surface area contributed by atoms with Crippen molar-refractivity contribution in [1.29, 1.82) is 0 Å². The van der Waals surface area contributed by atoms with Gasteiger partial charge in [-0.3, -0.25) is 13.8 Å². The highest BCUT2D eigenvalue weighted by molar-refractivity contribution is 7.18. The molecule has 0 N–H and O–H groups in total. The van der Waals surface area contributed by atoms with Crippen LogP contribution >= 0.6 is 11.3 Å². The van der Waals surface area contributed by atoms with Gasteiger partial charge in [-0.25, -0.2) is 4.98 Å². The third-order valence-corrected chi connectivity index (χ3v) is 5.55. The molecule has 0 aliphatic heterocycles. The summed E-state index contributed by atoms with van der Waals surface area (Å²) in [5.41, 5.74) is 5.37. The number of hydrogen-bond donors (Lipinski definition) is 0. The van der Waals surface area contributed by atoms with Crippen LogP contribution in [-0.4, -0.2) is 28.9 Å². The Hall–Kier alpha value is -3.19. The topological polar surface area (TPSA) is 52.9 Å². The van der Waals surface area contributed by atoms with Crippen LogP contribution in [0, 0.1) is 0 Å². The monoisotopic (exact) mass is 360 g/mol. The van der Waals surface area contributed by atoms with Gasteiger partial charge in [0, 0.05) is 54.3 Å². The van der Waals surface area contributed by atoms with Gasteiger partial charge in [0.2, 0.25) is 0 Å². The molecule has 5 heterocycles. The number of aromatic nitrogens is 6. The molecule has 5 aromatic rings. The fourth-order valence-corrected chi connectivity index (χ4v) is 4.07. The molecular formula is C19H16N6S. The maximum atomic E-state index is 4.55. The number of thiophene rings is 1. The summed E-state index contributed by atoms with van der Waals surface area (Å²) in [5, 5.41) is 8.53. The van der Waals surface area contributed by atoms with E-state index in [4.69, 9.17) is 0 Å². The normalized spacial score (nSPS) is 11.5. The van der Waals surface area contributed by atoms with Crippen LogP contribution in [-0.2, 0) is 14.1 Å². The molecule has 0 aromatic carbocycles. The van der Waals surface area contributed by atoms with Gasteiger partial charge in [0.15, 0.2) is 0 Å². The molecule has 6 nitrogen and oxygen atoms in total. The Morgan fingerprint density at radius 3 is 2.19 bits per heavy atom. The van der Waals surface area contributed by atoms with Crippen LogP contribution < -0.4 is 0 Å². The molecule has 0 bridgehead atoms. The first kappa shape index (κ1) is 15.1. The molecule has 128 valence electrons. The standard InChI is InChI=1S/C19H16N6S/c1-23-10-14(7-21-23)13-3-6-19-20-9-16(25(19)12-13)18-5-4-17(26-18)15-8-22-24(2)11-15/h3-12H,1-2H3. The summed E-state index contributed by atoms with van der Waals surface area (Å²) < 4.78 is 5.78. The zero-order chi connectivity index (χ0) is 17.7. The SMILES string of the molecule is Cn1cc(-c2ccc3ncc(-c4ccc(-c5cnn(C)c5)s4)n3c2)cn1. The van der Waals surface area contributed by atoms with Crippen molar-refractivity contribution in [1.82, 2.24) is 28.9 Å². The van der Waals surface area contributed by atoms with Crippen LogP contribution in [0.15, 0.2) is 61.4 Å². The van der Waals surface area contributed by atoms with Crippen molar-refractivity contribution in [2.24, 2.45) is 14.1 Å². The Labute approximate surface area is 154 Å². The number of nitrogens with zero attached hydrogens (tertiary/aromatic N) is 6. The average molecular weight is 360 g/mol. The Balaban J connectivity index is 1.60. The third kappa shape index (κ3) is 2.44. The number of aryl methyl sites for hydroxylation is 2. The number of imidazole rings is 1. The molecule has 0 atom stereocenters. The van der Waals surface area contributed by atoms with E-state index in [0.717, 1.165) is 28.0 Å². The molecule has 5 rings (SSSR count). The second-order valence-corrected chi connectivity index (χ2v) is 7.34. The van der Waals surface area contributed by atoms with E-state index in [9.17, 15) is 0 Å². The van der Waals surface area contributed by atoms with E-state index in [-0.39, 0.29) is 0 Å². The third-order valence-electron chi connectivity index (χ3n) is 4.39. The van der Waals surface area contributed by atoms with E-state index in [2.05, 4.69) is 44.0 Å². The molecule has 5 aromatic heterocycles. The van der Waals surface area contributed by atoms with E-state index in [1.54, 1.807) is 11.3 Å². The lowest BCUT2D eigenvalue weighted by molar-refractivity contribution is 0.768. The van der Waals surface area contributed by atoms with Crippen molar-refractivity contribution >= 4 is 17.0 Å². The molecular weight excluding hydrogens is 344 g/mol. The Morgan fingerprint density at radius 1 is 0.731 bits per heavy atom.